The molecule has 0 aromatic heterocycles. The monoisotopic (exact) mass is 326 g/mol. The van der Waals surface area contributed by atoms with Crippen molar-refractivity contribution in [2.24, 2.45) is 0 Å². The first-order valence-electron chi connectivity index (χ1n) is 8.58. The molecule has 0 saturated carbocycles. The molecule has 2 aliphatic rings. The molecule has 3 aromatic rings. The largest absolute Gasteiger partial charge is 0.344 e. The Morgan fingerprint density at radius 1 is 0.960 bits per heavy atom. The van der Waals surface area contributed by atoms with Crippen molar-refractivity contribution in [3.8, 4) is 0 Å². The number of carbonyl (C=O) groups is 1. The van der Waals surface area contributed by atoms with E-state index in [9.17, 15) is 4.79 Å². The summed E-state index contributed by atoms with van der Waals surface area (Å²) in [5, 5.41) is 2.21. The third-order valence-electron chi connectivity index (χ3n) is 5.52. The summed E-state index contributed by atoms with van der Waals surface area (Å²) in [4.78, 5) is 13.5. The van der Waals surface area contributed by atoms with Gasteiger partial charge in [0.05, 0.1) is 0 Å². The number of hydrogen-bond donors (Lipinski definition) is 0. The van der Waals surface area contributed by atoms with Gasteiger partial charge in [0.1, 0.15) is 5.60 Å². The molecular weight excluding hydrogens is 308 g/mol. The van der Waals surface area contributed by atoms with Crippen molar-refractivity contribution in [1.82, 2.24) is 0 Å². The van der Waals surface area contributed by atoms with E-state index in [1.54, 1.807) is 0 Å². The number of ether oxygens (including phenoxy) is 1. The van der Waals surface area contributed by atoms with Crippen LogP contribution in [0.3, 0.4) is 0 Å². The molecule has 5 rings (SSSR count). The lowest BCUT2D eigenvalue weighted by Gasteiger charge is -2.21. The molecule has 1 fully saturated rings. The Bertz CT molecular complexity index is 1080. The second-order valence-electron chi connectivity index (χ2n) is 7.21. The number of hydrogen-bond acceptors (Lipinski definition) is 2. The lowest BCUT2D eigenvalue weighted by molar-refractivity contribution is 0.0871. The van der Waals surface area contributed by atoms with Crippen molar-refractivity contribution in [2.75, 3.05) is 0 Å². The van der Waals surface area contributed by atoms with E-state index in [0.717, 1.165) is 21.9 Å². The number of rotatable bonds is 2. The zero-order valence-electron chi connectivity index (χ0n) is 14.2. The Morgan fingerprint density at radius 3 is 2.60 bits per heavy atom. The van der Waals surface area contributed by atoms with Crippen LogP contribution in [0.5, 0.6) is 0 Å². The maximum atomic E-state index is 13.5. The number of carbonyl (C=O) groups excluding carboxylic acids is 1. The van der Waals surface area contributed by atoms with Gasteiger partial charge in [-0.15, -0.1) is 0 Å². The van der Waals surface area contributed by atoms with Gasteiger partial charge in [-0.1, -0.05) is 66.2 Å². The van der Waals surface area contributed by atoms with Crippen LogP contribution in [-0.2, 0) is 10.3 Å². The van der Waals surface area contributed by atoms with E-state index in [2.05, 4.69) is 31.2 Å². The summed E-state index contributed by atoms with van der Waals surface area (Å²) in [5.74, 6) is 0.0372. The molecule has 1 saturated heterocycles. The van der Waals surface area contributed by atoms with Crippen LogP contribution in [0.15, 0.2) is 66.7 Å². The summed E-state index contributed by atoms with van der Waals surface area (Å²) < 4.78 is 6.11. The highest BCUT2D eigenvalue weighted by Crippen LogP contribution is 2.61. The molecule has 3 aromatic carbocycles. The average molecular weight is 326 g/mol. The minimum absolute atomic E-state index is 0.0372. The van der Waals surface area contributed by atoms with Gasteiger partial charge in [-0.25, -0.2) is 0 Å². The Hall–Kier alpha value is -2.71. The molecule has 0 bridgehead atoms. The van der Waals surface area contributed by atoms with Gasteiger partial charge < -0.3 is 4.74 Å². The summed E-state index contributed by atoms with van der Waals surface area (Å²) in [6.45, 7) is 4.05. The summed E-state index contributed by atoms with van der Waals surface area (Å²) in [5.41, 5.74) is 2.47. The van der Waals surface area contributed by atoms with E-state index in [1.807, 2.05) is 55.5 Å². The molecule has 0 spiro atoms. The van der Waals surface area contributed by atoms with E-state index in [4.69, 9.17) is 4.74 Å². The summed E-state index contributed by atoms with van der Waals surface area (Å²) in [7, 11) is 0. The minimum atomic E-state index is -0.896. The van der Waals surface area contributed by atoms with Gasteiger partial charge in [0.15, 0.2) is 5.60 Å². The van der Waals surface area contributed by atoms with Crippen LogP contribution in [0.2, 0.25) is 0 Å². The van der Waals surface area contributed by atoms with Crippen LogP contribution in [0.1, 0.15) is 34.0 Å². The predicted octanol–water partition coefficient (Wildman–Crippen LogP) is 5.04. The van der Waals surface area contributed by atoms with Gasteiger partial charge in [-0.05, 0) is 42.3 Å². The molecule has 122 valence electrons. The Labute approximate surface area is 146 Å². The minimum Gasteiger partial charge on any atom is -0.344 e. The zero-order chi connectivity index (χ0) is 17.2. The number of Topliss-reactive ketones (excluding diaryl/α,β-unsaturated/α-hetero) is 1. The van der Waals surface area contributed by atoms with E-state index in [-0.39, 0.29) is 5.78 Å². The molecule has 25 heavy (non-hydrogen) atoms. The van der Waals surface area contributed by atoms with Crippen molar-refractivity contribution in [2.45, 2.75) is 25.0 Å². The second-order valence-corrected chi connectivity index (χ2v) is 7.21. The van der Waals surface area contributed by atoms with E-state index in [0.29, 0.717) is 5.56 Å². The Morgan fingerprint density at radius 2 is 1.76 bits per heavy atom. The zero-order valence-corrected chi connectivity index (χ0v) is 14.2. The van der Waals surface area contributed by atoms with Crippen LogP contribution in [0.25, 0.3) is 16.8 Å². The lowest BCUT2D eigenvalue weighted by Crippen LogP contribution is -2.32. The quantitative estimate of drug-likeness (QED) is 0.487. The second kappa shape index (κ2) is 4.68. The Balaban J connectivity index is 1.67. The molecule has 0 radical (unpaired) electrons. The molecule has 1 aliphatic carbocycles. The smallest absolute Gasteiger partial charge is 0.202 e. The highest BCUT2D eigenvalue weighted by molar-refractivity contribution is 6.09. The molecule has 0 N–H and O–H groups in total. The van der Waals surface area contributed by atoms with E-state index < -0.39 is 11.2 Å². The first kappa shape index (κ1) is 14.6. The SMILES string of the molecule is Cc1ccc2c(c1)C=CC1(C)OC21C(=O)c1ccc2ccccc2c1. The molecule has 2 atom stereocenters. The molecule has 2 nitrogen and oxygen atoms in total. The maximum Gasteiger partial charge on any atom is 0.202 e. The molecule has 2 unspecified atom stereocenters. The van der Waals surface area contributed by atoms with E-state index >= 15 is 0 Å². The maximum absolute atomic E-state index is 13.5. The number of aryl methyl sites for hydroxylation is 1. The standard InChI is InChI=1S/C23H18O2/c1-15-7-10-20-18(13-15)11-12-22(2)23(20,25-22)21(24)19-9-8-16-5-3-4-6-17(16)14-19/h3-14H,1-2H3. The van der Waals surface area contributed by atoms with Crippen LogP contribution in [0.4, 0.5) is 0 Å². The number of fused-ring (bicyclic) bond motifs is 4. The molecule has 1 aliphatic heterocycles. The summed E-state index contributed by atoms with van der Waals surface area (Å²) in [6.07, 6.45) is 4.09. The van der Waals surface area contributed by atoms with E-state index in [1.165, 1.54) is 5.56 Å². The molecular formula is C23H18O2. The van der Waals surface area contributed by atoms with Crippen molar-refractivity contribution in [3.63, 3.8) is 0 Å². The topological polar surface area (TPSA) is 29.6 Å². The summed E-state index contributed by atoms with van der Waals surface area (Å²) in [6, 6.07) is 20.2. The number of benzene rings is 3. The first-order valence-corrected chi connectivity index (χ1v) is 8.58. The van der Waals surface area contributed by atoms with Crippen molar-refractivity contribution >= 4 is 22.6 Å². The normalized spacial score (nSPS) is 26.2. The number of ketones is 1. The Kier molecular flexibility index (Phi) is 2.73. The van der Waals surface area contributed by atoms with Crippen molar-refractivity contribution in [1.29, 1.82) is 0 Å². The fourth-order valence-corrected chi connectivity index (χ4v) is 4.08. The van der Waals surface area contributed by atoms with Crippen molar-refractivity contribution < 1.29 is 9.53 Å². The molecule has 0 amide bonds. The predicted molar refractivity (Wildman–Crippen MR) is 99.7 cm³/mol. The average Bonchev–Trinajstić information content (AvgIpc) is 3.28. The van der Waals surface area contributed by atoms with Crippen molar-refractivity contribution in [3.05, 3.63) is 89.0 Å². The highest BCUT2D eigenvalue weighted by atomic mass is 16.6. The number of epoxide rings is 1. The third kappa shape index (κ3) is 1.86. The van der Waals surface area contributed by atoms with Gasteiger partial charge in [-0.3, -0.25) is 4.79 Å². The van der Waals surface area contributed by atoms with Gasteiger partial charge in [0.25, 0.3) is 0 Å². The van der Waals surface area contributed by atoms with Crippen LogP contribution < -0.4 is 0 Å². The van der Waals surface area contributed by atoms with Gasteiger partial charge in [0, 0.05) is 11.1 Å². The fraction of sp³-hybridized carbons (Fsp3) is 0.174. The van der Waals surface area contributed by atoms with Crippen LogP contribution in [-0.4, -0.2) is 11.4 Å². The van der Waals surface area contributed by atoms with Gasteiger partial charge >= 0.3 is 0 Å². The van der Waals surface area contributed by atoms with Crippen LogP contribution in [0, 0.1) is 6.92 Å². The van der Waals surface area contributed by atoms with Gasteiger partial charge in [-0.2, -0.15) is 0 Å². The lowest BCUT2D eigenvalue weighted by atomic mass is 9.75. The fourth-order valence-electron chi connectivity index (χ4n) is 4.08. The molecule has 2 heteroatoms. The molecule has 1 heterocycles. The first-order chi connectivity index (χ1) is 12.0. The van der Waals surface area contributed by atoms with Crippen LogP contribution >= 0.6 is 0 Å². The summed E-state index contributed by atoms with van der Waals surface area (Å²) >= 11 is 0. The highest BCUT2D eigenvalue weighted by Gasteiger charge is 2.72. The third-order valence-corrected chi connectivity index (χ3v) is 5.52. The van der Waals surface area contributed by atoms with Gasteiger partial charge in [0.2, 0.25) is 5.78 Å².